The van der Waals surface area contributed by atoms with E-state index in [1.54, 1.807) is 9.12 Å². The van der Waals surface area contributed by atoms with E-state index in [1.807, 2.05) is 0 Å². The van der Waals surface area contributed by atoms with Gasteiger partial charge in [-0.2, -0.15) is 0 Å². The molecule has 0 spiro atoms. The highest BCUT2D eigenvalue weighted by molar-refractivity contribution is 7.00. The van der Waals surface area contributed by atoms with Gasteiger partial charge >= 0.3 is 0 Å². The van der Waals surface area contributed by atoms with Gasteiger partial charge in [-0.15, -0.1) is 0 Å². The molecule has 1 aliphatic carbocycles. The van der Waals surface area contributed by atoms with Crippen LogP contribution in [0.25, 0.3) is 0 Å². The summed E-state index contributed by atoms with van der Waals surface area (Å²) < 4.78 is 8.06. The zero-order valence-corrected chi connectivity index (χ0v) is 5.92. The van der Waals surface area contributed by atoms with E-state index in [0.29, 0.717) is 0 Å². The third-order valence-electron chi connectivity index (χ3n) is 1.37. The molecular formula is C7H7OP. The van der Waals surface area contributed by atoms with Crippen molar-refractivity contribution in [2.24, 2.45) is 0 Å². The van der Waals surface area contributed by atoms with Crippen LogP contribution in [-0.4, -0.2) is 0 Å². The van der Waals surface area contributed by atoms with Crippen molar-refractivity contribution >= 4 is 9.12 Å². The summed E-state index contributed by atoms with van der Waals surface area (Å²) in [6.07, 6.45) is 1.24. The van der Waals surface area contributed by atoms with Gasteiger partial charge in [-0.1, -0.05) is 24.3 Å². The average Bonchev–Trinajstić information content (AvgIpc) is 2.69. The monoisotopic (exact) mass is 138 g/mol. The second kappa shape index (κ2) is 2.75. The van der Waals surface area contributed by atoms with Gasteiger partial charge in [0.15, 0.2) is 0 Å². The summed E-state index contributed by atoms with van der Waals surface area (Å²) in [5.41, 5.74) is 3.06. The van der Waals surface area contributed by atoms with Gasteiger partial charge in [-0.3, -0.25) is 4.57 Å². The number of hydrogen-bond acceptors (Lipinski definition) is 1. The highest BCUT2D eigenvalue weighted by Crippen LogP contribution is 2.25. The van der Waals surface area contributed by atoms with Crippen LogP contribution in [0.5, 0.6) is 0 Å². The quantitative estimate of drug-likeness (QED) is 0.509. The van der Waals surface area contributed by atoms with Gasteiger partial charge in [-0.05, 0) is 17.5 Å². The van der Waals surface area contributed by atoms with Crippen molar-refractivity contribution < 1.29 is 4.57 Å². The molecule has 0 atom stereocenters. The van der Waals surface area contributed by atoms with Gasteiger partial charge in [0, 0.05) is 0 Å². The summed E-state index contributed by atoms with van der Waals surface area (Å²) in [5.74, 6) is 0. The summed E-state index contributed by atoms with van der Waals surface area (Å²) in [5, 5.41) is 0. The van der Waals surface area contributed by atoms with Crippen molar-refractivity contribution in [2.75, 3.05) is 0 Å². The topological polar surface area (TPSA) is 17.1 Å². The molecule has 0 radical (unpaired) electrons. The summed E-state index contributed by atoms with van der Waals surface area (Å²) in [7, 11) is 1.72. The smallest absolute Gasteiger partial charge is 0.138 e. The van der Waals surface area contributed by atoms with E-state index in [9.17, 15) is 0 Å². The summed E-state index contributed by atoms with van der Waals surface area (Å²) in [6, 6.07) is 8.53. The Hall–Kier alpha value is -0.680. The maximum atomic E-state index is 8.06. The molecule has 2 heteroatoms. The number of rotatable bonds is 0. The van der Waals surface area contributed by atoms with Crippen molar-refractivity contribution in [1.29, 1.82) is 0 Å². The lowest BCUT2D eigenvalue weighted by Gasteiger charge is -1.69. The van der Waals surface area contributed by atoms with Gasteiger partial charge in [0.05, 0.1) is 0 Å². The Labute approximate surface area is 56.3 Å². The molecule has 2 rings (SSSR count). The number of benzene rings is 1. The first-order chi connectivity index (χ1) is 4.47. The molecule has 9 heavy (non-hydrogen) atoms. The van der Waals surface area contributed by atoms with Crippen LogP contribution >= 0.6 is 9.12 Å². The first kappa shape index (κ1) is 6.44. The minimum atomic E-state index is 1.24. The van der Waals surface area contributed by atoms with Crippen LogP contribution < -0.4 is 0 Å². The SMILES string of the molecule is O=P.c1ccc2c(c1)C2. The van der Waals surface area contributed by atoms with E-state index >= 15 is 0 Å². The van der Waals surface area contributed by atoms with E-state index in [-0.39, 0.29) is 0 Å². The van der Waals surface area contributed by atoms with Crippen molar-refractivity contribution in [1.82, 2.24) is 0 Å². The molecule has 0 aliphatic heterocycles. The van der Waals surface area contributed by atoms with E-state index < -0.39 is 0 Å². The lowest BCUT2D eigenvalue weighted by molar-refractivity contribution is 0.607. The van der Waals surface area contributed by atoms with Crippen LogP contribution in [0.3, 0.4) is 0 Å². The Morgan fingerprint density at radius 2 is 1.56 bits per heavy atom. The first-order valence-corrected chi connectivity index (χ1v) is 3.15. The third-order valence-corrected chi connectivity index (χ3v) is 1.37. The molecule has 0 saturated carbocycles. The molecule has 0 aromatic heterocycles. The van der Waals surface area contributed by atoms with Crippen LogP contribution in [0.1, 0.15) is 11.1 Å². The van der Waals surface area contributed by atoms with Crippen molar-refractivity contribution in [2.45, 2.75) is 6.42 Å². The average molecular weight is 138 g/mol. The molecule has 1 aromatic carbocycles. The van der Waals surface area contributed by atoms with Crippen molar-refractivity contribution in [3.63, 3.8) is 0 Å². The Morgan fingerprint density at radius 1 is 1.11 bits per heavy atom. The molecule has 1 aliphatic rings. The molecule has 46 valence electrons. The molecule has 0 heterocycles. The zero-order valence-electron chi connectivity index (χ0n) is 4.92. The van der Waals surface area contributed by atoms with Crippen LogP contribution in [0.4, 0.5) is 0 Å². The van der Waals surface area contributed by atoms with Crippen LogP contribution in [0.2, 0.25) is 0 Å². The predicted octanol–water partition coefficient (Wildman–Crippen LogP) is 2.07. The fraction of sp³-hybridized carbons (Fsp3) is 0.143. The Kier molecular flexibility index (Phi) is 1.96. The minimum Gasteiger partial charge on any atom is -0.279 e. The molecule has 0 fully saturated rings. The highest BCUT2D eigenvalue weighted by Gasteiger charge is 2.12. The Bertz CT molecular complexity index is 189. The fourth-order valence-electron chi connectivity index (χ4n) is 0.836. The number of fused-ring (bicyclic) bond motifs is 1. The maximum Gasteiger partial charge on any atom is 0.138 e. The fourth-order valence-corrected chi connectivity index (χ4v) is 0.836. The van der Waals surface area contributed by atoms with Crippen LogP contribution in [0, 0.1) is 0 Å². The molecule has 0 saturated heterocycles. The largest absolute Gasteiger partial charge is 0.279 e. The highest BCUT2D eigenvalue weighted by atomic mass is 31.0. The molecule has 0 N–H and O–H groups in total. The van der Waals surface area contributed by atoms with E-state index in [1.165, 1.54) is 17.5 Å². The minimum absolute atomic E-state index is 1.24. The van der Waals surface area contributed by atoms with E-state index in [0.717, 1.165) is 0 Å². The molecule has 0 unspecified atom stereocenters. The first-order valence-electron chi connectivity index (χ1n) is 2.74. The second-order valence-electron chi connectivity index (χ2n) is 1.95. The second-order valence-corrected chi connectivity index (χ2v) is 1.95. The van der Waals surface area contributed by atoms with Crippen molar-refractivity contribution in [3.8, 4) is 0 Å². The van der Waals surface area contributed by atoms with Gasteiger partial charge in [0.2, 0.25) is 0 Å². The molecule has 0 amide bonds. The lowest BCUT2D eigenvalue weighted by atomic mass is 10.4. The predicted molar refractivity (Wildman–Crippen MR) is 38.2 cm³/mol. The van der Waals surface area contributed by atoms with Crippen LogP contribution in [-0.2, 0) is 11.0 Å². The molecule has 0 bridgehead atoms. The Balaban J connectivity index is 0.000000186. The van der Waals surface area contributed by atoms with Crippen LogP contribution in [0.15, 0.2) is 24.3 Å². The standard InChI is InChI=1S/C7H6.HOP/c1-2-4-7-5-6(7)3-1;1-2/h1-4H,5H2;2H. The third kappa shape index (κ3) is 1.36. The van der Waals surface area contributed by atoms with E-state index in [4.69, 9.17) is 4.57 Å². The molecular weight excluding hydrogens is 131 g/mol. The van der Waals surface area contributed by atoms with Crippen molar-refractivity contribution in [3.05, 3.63) is 35.4 Å². The summed E-state index contributed by atoms with van der Waals surface area (Å²) >= 11 is 0. The summed E-state index contributed by atoms with van der Waals surface area (Å²) in [4.78, 5) is 0. The maximum absolute atomic E-state index is 8.06. The summed E-state index contributed by atoms with van der Waals surface area (Å²) in [6.45, 7) is 0. The lowest BCUT2D eigenvalue weighted by Crippen LogP contribution is -1.48. The zero-order chi connectivity index (χ0) is 6.69. The van der Waals surface area contributed by atoms with Gasteiger partial charge in [-0.25, -0.2) is 0 Å². The number of hydrogen-bond donors (Lipinski definition) is 0. The van der Waals surface area contributed by atoms with Gasteiger partial charge in [0.25, 0.3) is 0 Å². The van der Waals surface area contributed by atoms with Gasteiger partial charge < -0.3 is 0 Å². The van der Waals surface area contributed by atoms with E-state index in [2.05, 4.69) is 24.3 Å². The van der Waals surface area contributed by atoms with Gasteiger partial charge in [0.1, 0.15) is 9.12 Å². The normalized spacial score (nSPS) is 10.7. The Morgan fingerprint density at radius 3 is 1.89 bits per heavy atom. The molecule has 1 nitrogen and oxygen atoms in total. The molecule has 1 aromatic rings.